The Morgan fingerprint density at radius 2 is 2.15 bits per heavy atom. The van der Waals surface area contributed by atoms with Crippen LogP contribution in [0.1, 0.15) is 5.56 Å². The third kappa shape index (κ3) is 2.72. The monoisotopic (exact) mass is 280 g/mol. The molecule has 5 heteroatoms. The van der Waals surface area contributed by atoms with Crippen molar-refractivity contribution in [3.63, 3.8) is 0 Å². The summed E-state index contributed by atoms with van der Waals surface area (Å²) in [7, 11) is 0. The third-order valence-corrected chi connectivity index (χ3v) is 4.24. The Bertz CT molecular complexity index is 445. The highest BCUT2D eigenvalue weighted by molar-refractivity contribution is 5.15. The van der Waals surface area contributed by atoms with Crippen LogP contribution >= 0.6 is 0 Å². The van der Waals surface area contributed by atoms with E-state index in [-0.39, 0.29) is 12.7 Å². The Hall–Kier alpha value is -1.01. The summed E-state index contributed by atoms with van der Waals surface area (Å²) in [5.41, 5.74) is 0.165. The summed E-state index contributed by atoms with van der Waals surface area (Å²) in [4.78, 5) is 3.99. The van der Waals surface area contributed by atoms with Gasteiger partial charge in [0.15, 0.2) is 5.72 Å². The van der Waals surface area contributed by atoms with Crippen LogP contribution in [-0.4, -0.2) is 66.2 Å². The Kier molecular flexibility index (Phi) is 4.03. The smallest absolute Gasteiger partial charge is 0.154 e. The lowest BCUT2D eigenvalue weighted by molar-refractivity contribution is -0.228. The quantitative estimate of drug-likeness (QED) is 0.891. The molecule has 2 atom stereocenters. The summed E-state index contributed by atoms with van der Waals surface area (Å²) in [5.74, 6) is 0. The van der Waals surface area contributed by atoms with Crippen molar-refractivity contribution in [3.8, 4) is 0 Å². The molecule has 0 amide bonds. The van der Waals surface area contributed by atoms with Gasteiger partial charge in [0.25, 0.3) is 0 Å². The van der Waals surface area contributed by atoms with Crippen molar-refractivity contribution in [2.75, 3.05) is 39.5 Å². The van der Waals surface area contributed by atoms with Crippen molar-refractivity contribution in [2.45, 2.75) is 18.3 Å². The highest BCUT2D eigenvalue weighted by Gasteiger charge is 2.45. The Labute approximate surface area is 118 Å². The maximum absolute atomic E-state index is 13.3. The van der Waals surface area contributed by atoms with Gasteiger partial charge < -0.3 is 9.84 Å². The maximum atomic E-state index is 13.3. The molecule has 0 radical (unpaired) electrons. The number of nitrogens with zero attached hydrogens (tertiary/aromatic N) is 2. The van der Waals surface area contributed by atoms with Gasteiger partial charge in [-0.2, -0.15) is 0 Å². The average molecular weight is 280 g/mol. The van der Waals surface area contributed by atoms with Crippen LogP contribution in [0.3, 0.4) is 0 Å². The fourth-order valence-electron chi connectivity index (χ4n) is 3.09. The van der Waals surface area contributed by atoms with Crippen LogP contribution < -0.4 is 0 Å². The number of morpholine rings is 1. The standard InChI is InChI=1S/C15H21FN2O2/c16-8-14-10-18-6-7-20-12-15(18,19)11-17(14)9-13-4-2-1-3-5-13/h1-5,14,19H,6-12H2/t14-,15-/m1/s1. The number of β-amino-alcohol motifs (C(OH)–C–C–N with tert-alkyl or cyclic N) is 1. The van der Waals surface area contributed by atoms with E-state index >= 15 is 0 Å². The molecule has 2 aliphatic rings. The molecule has 4 nitrogen and oxygen atoms in total. The first kappa shape index (κ1) is 13.9. The van der Waals surface area contributed by atoms with Crippen LogP contribution in [0.2, 0.25) is 0 Å². The molecule has 2 aliphatic heterocycles. The van der Waals surface area contributed by atoms with Gasteiger partial charge in [0.2, 0.25) is 0 Å². The van der Waals surface area contributed by atoms with Crippen LogP contribution in [0.5, 0.6) is 0 Å². The van der Waals surface area contributed by atoms with E-state index in [1.165, 1.54) is 0 Å². The van der Waals surface area contributed by atoms with Crippen molar-refractivity contribution in [1.82, 2.24) is 9.80 Å². The van der Waals surface area contributed by atoms with Crippen molar-refractivity contribution in [3.05, 3.63) is 35.9 Å². The summed E-state index contributed by atoms with van der Waals surface area (Å²) >= 11 is 0. The molecule has 0 aliphatic carbocycles. The van der Waals surface area contributed by atoms with Crippen LogP contribution in [-0.2, 0) is 11.3 Å². The van der Waals surface area contributed by atoms with Gasteiger partial charge in [-0.05, 0) is 5.56 Å². The van der Waals surface area contributed by atoms with Crippen molar-refractivity contribution in [1.29, 1.82) is 0 Å². The number of rotatable bonds is 3. The fourth-order valence-corrected chi connectivity index (χ4v) is 3.09. The van der Waals surface area contributed by atoms with E-state index in [4.69, 9.17) is 4.74 Å². The first-order valence-electron chi connectivity index (χ1n) is 7.10. The van der Waals surface area contributed by atoms with Gasteiger partial charge in [-0.15, -0.1) is 0 Å². The summed E-state index contributed by atoms with van der Waals surface area (Å²) < 4.78 is 18.7. The molecule has 20 heavy (non-hydrogen) atoms. The number of halogens is 1. The second-order valence-electron chi connectivity index (χ2n) is 5.68. The molecular weight excluding hydrogens is 259 g/mol. The van der Waals surface area contributed by atoms with Gasteiger partial charge in [-0.25, -0.2) is 4.39 Å². The lowest BCUT2D eigenvalue weighted by atomic mass is 10.0. The van der Waals surface area contributed by atoms with E-state index in [1.807, 2.05) is 40.1 Å². The van der Waals surface area contributed by atoms with E-state index in [0.717, 1.165) is 5.56 Å². The topological polar surface area (TPSA) is 35.9 Å². The number of aliphatic hydroxyl groups is 1. The van der Waals surface area contributed by atoms with Crippen LogP contribution in [0, 0.1) is 0 Å². The van der Waals surface area contributed by atoms with Crippen LogP contribution in [0.15, 0.2) is 30.3 Å². The Morgan fingerprint density at radius 1 is 1.35 bits per heavy atom. The number of alkyl halides is 1. The van der Waals surface area contributed by atoms with Gasteiger partial charge in [-0.3, -0.25) is 9.80 Å². The van der Waals surface area contributed by atoms with E-state index in [1.54, 1.807) is 0 Å². The van der Waals surface area contributed by atoms with Crippen molar-refractivity contribution >= 4 is 0 Å². The average Bonchev–Trinajstić information content (AvgIpc) is 2.47. The van der Waals surface area contributed by atoms with E-state index in [2.05, 4.69) is 0 Å². The molecule has 1 aromatic carbocycles. The van der Waals surface area contributed by atoms with Gasteiger partial charge >= 0.3 is 0 Å². The Morgan fingerprint density at radius 3 is 2.90 bits per heavy atom. The van der Waals surface area contributed by atoms with Gasteiger partial charge in [0.1, 0.15) is 6.67 Å². The van der Waals surface area contributed by atoms with E-state index in [0.29, 0.717) is 39.4 Å². The summed E-state index contributed by atoms with van der Waals surface area (Å²) in [5, 5.41) is 10.7. The molecule has 1 aromatic rings. The SMILES string of the molecule is O[C@]12COCCN1C[C@@H](CF)N(Cc1ccccc1)C2. The molecular formula is C15H21FN2O2. The number of fused-ring (bicyclic) bond motifs is 1. The molecule has 0 unspecified atom stereocenters. The van der Waals surface area contributed by atoms with Crippen molar-refractivity contribution in [2.24, 2.45) is 0 Å². The fraction of sp³-hybridized carbons (Fsp3) is 0.600. The minimum atomic E-state index is -0.974. The van der Waals surface area contributed by atoms with Crippen LogP contribution in [0.25, 0.3) is 0 Å². The molecule has 2 fully saturated rings. The third-order valence-electron chi connectivity index (χ3n) is 4.24. The number of hydrogen-bond acceptors (Lipinski definition) is 4. The van der Waals surface area contributed by atoms with Gasteiger partial charge in [0.05, 0.1) is 19.3 Å². The second kappa shape index (κ2) is 5.77. The summed E-state index contributed by atoms with van der Waals surface area (Å²) in [6.45, 7) is 2.84. The number of benzene rings is 1. The Balaban J connectivity index is 1.75. The molecule has 2 heterocycles. The minimum absolute atomic E-state index is 0.159. The highest BCUT2D eigenvalue weighted by atomic mass is 19.1. The number of piperazine rings is 1. The maximum Gasteiger partial charge on any atom is 0.154 e. The molecule has 0 bridgehead atoms. The predicted octanol–water partition coefficient (Wildman–Crippen LogP) is 0.861. The van der Waals surface area contributed by atoms with E-state index < -0.39 is 5.72 Å². The zero-order valence-electron chi connectivity index (χ0n) is 11.5. The molecule has 0 aromatic heterocycles. The van der Waals surface area contributed by atoms with Crippen molar-refractivity contribution < 1.29 is 14.2 Å². The van der Waals surface area contributed by atoms with Gasteiger partial charge in [0, 0.05) is 26.2 Å². The normalized spacial score (nSPS) is 32.0. The molecule has 0 spiro atoms. The van der Waals surface area contributed by atoms with E-state index in [9.17, 15) is 9.50 Å². The first-order valence-corrected chi connectivity index (χ1v) is 7.10. The lowest BCUT2D eigenvalue weighted by Crippen LogP contribution is -2.70. The highest BCUT2D eigenvalue weighted by Crippen LogP contribution is 2.27. The number of ether oxygens (including phenoxy) is 1. The molecule has 110 valence electrons. The largest absolute Gasteiger partial charge is 0.376 e. The van der Waals surface area contributed by atoms with Crippen LogP contribution in [0.4, 0.5) is 4.39 Å². The predicted molar refractivity (Wildman–Crippen MR) is 74.0 cm³/mol. The zero-order chi connectivity index (χ0) is 14.0. The zero-order valence-corrected chi connectivity index (χ0v) is 11.5. The molecule has 0 saturated carbocycles. The molecule has 1 N–H and O–H groups in total. The summed E-state index contributed by atoms with van der Waals surface area (Å²) in [6, 6.07) is 9.83. The summed E-state index contributed by atoms with van der Waals surface area (Å²) in [6.07, 6.45) is 0. The first-order chi connectivity index (χ1) is 9.71. The number of hydrogen-bond donors (Lipinski definition) is 1. The van der Waals surface area contributed by atoms with Gasteiger partial charge in [-0.1, -0.05) is 30.3 Å². The lowest BCUT2D eigenvalue weighted by Gasteiger charge is -2.52. The molecule has 2 saturated heterocycles. The minimum Gasteiger partial charge on any atom is -0.376 e. The molecule has 3 rings (SSSR count). The second-order valence-corrected chi connectivity index (χ2v) is 5.68.